The second-order valence-corrected chi connectivity index (χ2v) is 8.44. The number of carbonyl (C=O) groups excluding carboxylic acids is 1. The van der Waals surface area contributed by atoms with Gasteiger partial charge in [-0.25, -0.2) is 0 Å². The fraction of sp³-hybridized carbons (Fsp3) is 0.480. The standard InChI is InChI=1S/C25H33N3O2/c1-30-24-9-7-22(8-10-24)20-28-18-17-27(16-13-25(28)29)23-11-14-26(15-12-23)19-21-5-3-2-4-6-21/h2-10,23H,11-20H2,1H3. The molecule has 0 aromatic heterocycles. The zero-order valence-electron chi connectivity index (χ0n) is 18.0. The van der Waals surface area contributed by atoms with Gasteiger partial charge in [-0.15, -0.1) is 0 Å². The number of likely N-dealkylation sites (tertiary alicyclic amines) is 1. The summed E-state index contributed by atoms with van der Waals surface area (Å²) in [5, 5.41) is 0. The van der Waals surface area contributed by atoms with Gasteiger partial charge in [0, 0.05) is 45.2 Å². The van der Waals surface area contributed by atoms with Gasteiger partial charge in [0.1, 0.15) is 5.75 Å². The second kappa shape index (κ2) is 10.1. The third-order valence-corrected chi connectivity index (χ3v) is 6.48. The lowest BCUT2D eigenvalue weighted by Crippen LogP contribution is -2.45. The van der Waals surface area contributed by atoms with Gasteiger partial charge >= 0.3 is 0 Å². The van der Waals surface area contributed by atoms with Gasteiger partial charge in [-0.05, 0) is 49.2 Å². The molecule has 0 atom stereocenters. The summed E-state index contributed by atoms with van der Waals surface area (Å²) in [4.78, 5) is 19.8. The average molecular weight is 408 g/mol. The summed E-state index contributed by atoms with van der Waals surface area (Å²) in [5.74, 6) is 1.13. The van der Waals surface area contributed by atoms with E-state index in [0.29, 0.717) is 19.0 Å². The Morgan fingerprint density at radius 3 is 2.23 bits per heavy atom. The van der Waals surface area contributed by atoms with Crippen LogP contribution in [0.1, 0.15) is 30.4 Å². The highest BCUT2D eigenvalue weighted by atomic mass is 16.5. The molecule has 160 valence electrons. The van der Waals surface area contributed by atoms with Crippen molar-refractivity contribution in [2.45, 2.75) is 38.4 Å². The summed E-state index contributed by atoms with van der Waals surface area (Å²) >= 11 is 0. The van der Waals surface area contributed by atoms with Crippen molar-refractivity contribution in [2.75, 3.05) is 39.8 Å². The first-order chi connectivity index (χ1) is 14.7. The number of benzene rings is 2. The van der Waals surface area contributed by atoms with Crippen LogP contribution in [0, 0.1) is 0 Å². The maximum absolute atomic E-state index is 12.7. The number of rotatable bonds is 6. The van der Waals surface area contributed by atoms with Crippen LogP contribution in [0.2, 0.25) is 0 Å². The third kappa shape index (κ3) is 5.41. The molecule has 2 aliphatic heterocycles. The summed E-state index contributed by atoms with van der Waals surface area (Å²) in [6.07, 6.45) is 3.01. The molecule has 0 spiro atoms. The summed E-state index contributed by atoms with van der Waals surface area (Å²) in [6, 6.07) is 19.4. The predicted octanol–water partition coefficient (Wildman–Crippen LogP) is 3.39. The van der Waals surface area contributed by atoms with Gasteiger partial charge in [0.2, 0.25) is 5.91 Å². The molecule has 30 heavy (non-hydrogen) atoms. The van der Waals surface area contributed by atoms with Gasteiger partial charge in [-0.2, -0.15) is 0 Å². The SMILES string of the molecule is COc1ccc(CN2CCN(C3CCN(Cc4ccccc4)CC3)CCC2=O)cc1. The number of amides is 1. The highest BCUT2D eigenvalue weighted by Crippen LogP contribution is 2.21. The van der Waals surface area contributed by atoms with Crippen molar-refractivity contribution in [1.82, 2.24) is 14.7 Å². The molecule has 1 amide bonds. The van der Waals surface area contributed by atoms with Crippen LogP contribution in [0.3, 0.4) is 0 Å². The van der Waals surface area contributed by atoms with E-state index in [9.17, 15) is 4.79 Å². The van der Waals surface area contributed by atoms with Crippen LogP contribution >= 0.6 is 0 Å². The Labute approximate surface area is 180 Å². The van der Waals surface area contributed by atoms with E-state index < -0.39 is 0 Å². The van der Waals surface area contributed by atoms with Crippen molar-refractivity contribution >= 4 is 5.91 Å². The highest BCUT2D eigenvalue weighted by molar-refractivity contribution is 5.76. The maximum atomic E-state index is 12.7. The first kappa shape index (κ1) is 20.9. The summed E-state index contributed by atoms with van der Waals surface area (Å²) in [5.41, 5.74) is 2.55. The van der Waals surface area contributed by atoms with E-state index in [4.69, 9.17) is 4.74 Å². The molecule has 2 aromatic rings. The fourth-order valence-corrected chi connectivity index (χ4v) is 4.65. The van der Waals surface area contributed by atoms with E-state index >= 15 is 0 Å². The first-order valence-corrected chi connectivity index (χ1v) is 11.1. The molecule has 0 N–H and O–H groups in total. The molecule has 0 aliphatic carbocycles. The number of nitrogens with zero attached hydrogens (tertiary/aromatic N) is 3. The van der Waals surface area contributed by atoms with Crippen molar-refractivity contribution in [3.63, 3.8) is 0 Å². The van der Waals surface area contributed by atoms with Gasteiger partial charge in [0.15, 0.2) is 0 Å². The van der Waals surface area contributed by atoms with E-state index in [1.54, 1.807) is 7.11 Å². The molecule has 2 fully saturated rings. The fourth-order valence-electron chi connectivity index (χ4n) is 4.65. The van der Waals surface area contributed by atoms with Crippen LogP contribution in [-0.2, 0) is 17.9 Å². The maximum Gasteiger partial charge on any atom is 0.224 e. The Hall–Kier alpha value is -2.37. The van der Waals surface area contributed by atoms with E-state index in [0.717, 1.165) is 50.6 Å². The average Bonchev–Trinajstić information content (AvgIpc) is 2.97. The Bertz CT molecular complexity index is 801. The van der Waals surface area contributed by atoms with Gasteiger partial charge in [-0.3, -0.25) is 14.6 Å². The van der Waals surface area contributed by atoms with Crippen molar-refractivity contribution in [1.29, 1.82) is 0 Å². The minimum atomic E-state index is 0.273. The quantitative estimate of drug-likeness (QED) is 0.735. The molecular formula is C25H33N3O2. The number of ether oxygens (including phenoxy) is 1. The van der Waals surface area contributed by atoms with Crippen LogP contribution < -0.4 is 4.74 Å². The molecule has 0 saturated carbocycles. The number of methoxy groups -OCH3 is 1. The van der Waals surface area contributed by atoms with Crippen LogP contribution in [0.25, 0.3) is 0 Å². The van der Waals surface area contributed by atoms with E-state index in [2.05, 4.69) is 52.3 Å². The van der Waals surface area contributed by atoms with Gasteiger partial charge in [-0.1, -0.05) is 42.5 Å². The molecule has 0 radical (unpaired) electrons. The van der Waals surface area contributed by atoms with Crippen molar-refractivity contribution in [3.05, 3.63) is 65.7 Å². The van der Waals surface area contributed by atoms with Crippen molar-refractivity contribution in [3.8, 4) is 5.75 Å². The number of piperidine rings is 1. The molecule has 5 nitrogen and oxygen atoms in total. The molecule has 4 rings (SSSR count). The predicted molar refractivity (Wildman–Crippen MR) is 119 cm³/mol. The molecule has 2 aliphatic rings. The first-order valence-electron chi connectivity index (χ1n) is 11.1. The molecular weight excluding hydrogens is 374 g/mol. The van der Waals surface area contributed by atoms with Crippen molar-refractivity contribution < 1.29 is 9.53 Å². The van der Waals surface area contributed by atoms with Gasteiger partial charge in [0.25, 0.3) is 0 Å². The van der Waals surface area contributed by atoms with E-state index in [1.165, 1.54) is 18.4 Å². The zero-order chi connectivity index (χ0) is 20.8. The largest absolute Gasteiger partial charge is 0.497 e. The molecule has 2 heterocycles. The molecule has 0 unspecified atom stereocenters. The van der Waals surface area contributed by atoms with Crippen LogP contribution in [0.5, 0.6) is 5.75 Å². The Morgan fingerprint density at radius 1 is 0.833 bits per heavy atom. The normalized spacial score (nSPS) is 19.6. The zero-order valence-corrected chi connectivity index (χ0v) is 18.0. The highest BCUT2D eigenvalue weighted by Gasteiger charge is 2.28. The second-order valence-electron chi connectivity index (χ2n) is 8.44. The van der Waals surface area contributed by atoms with Gasteiger partial charge < -0.3 is 9.64 Å². The Morgan fingerprint density at radius 2 is 1.53 bits per heavy atom. The summed E-state index contributed by atoms with van der Waals surface area (Å²) in [6.45, 7) is 6.69. The molecule has 5 heteroatoms. The van der Waals surface area contributed by atoms with Crippen molar-refractivity contribution in [2.24, 2.45) is 0 Å². The molecule has 2 saturated heterocycles. The monoisotopic (exact) mass is 407 g/mol. The smallest absolute Gasteiger partial charge is 0.224 e. The molecule has 2 aromatic carbocycles. The minimum absolute atomic E-state index is 0.273. The van der Waals surface area contributed by atoms with Crippen LogP contribution in [-0.4, -0.2) is 66.5 Å². The number of hydrogen-bond donors (Lipinski definition) is 0. The summed E-state index contributed by atoms with van der Waals surface area (Å²) in [7, 11) is 1.67. The topological polar surface area (TPSA) is 36.0 Å². The van der Waals surface area contributed by atoms with Gasteiger partial charge in [0.05, 0.1) is 7.11 Å². The number of carbonyl (C=O) groups is 1. The lowest BCUT2D eigenvalue weighted by atomic mass is 10.0. The Kier molecular flexibility index (Phi) is 7.03. The summed E-state index contributed by atoms with van der Waals surface area (Å²) < 4.78 is 5.23. The lowest BCUT2D eigenvalue weighted by molar-refractivity contribution is -0.130. The minimum Gasteiger partial charge on any atom is -0.497 e. The Balaban J connectivity index is 1.27. The van der Waals surface area contributed by atoms with Crippen LogP contribution in [0.4, 0.5) is 0 Å². The van der Waals surface area contributed by atoms with E-state index in [-0.39, 0.29) is 5.91 Å². The lowest BCUT2D eigenvalue weighted by Gasteiger charge is -2.38. The van der Waals surface area contributed by atoms with E-state index in [1.807, 2.05) is 17.0 Å². The van der Waals surface area contributed by atoms with Crippen LogP contribution in [0.15, 0.2) is 54.6 Å². The number of hydrogen-bond acceptors (Lipinski definition) is 4. The molecule has 0 bridgehead atoms. The third-order valence-electron chi connectivity index (χ3n) is 6.48.